The molecule has 0 aliphatic carbocycles. The van der Waals surface area contributed by atoms with Gasteiger partial charge in [0.25, 0.3) is 11.8 Å². The molecule has 3 N–H and O–H groups in total. The summed E-state index contributed by atoms with van der Waals surface area (Å²) in [5.41, 5.74) is 7.70. The number of carbonyl (C=O) groups is 2. The number of amides is 2. The molecule has 0 saturated carbocycles. The first-order valence-corrected chi connectivity index (χ1v) is 12.2. The number of carbonyl (C=O) groups excluding carboxylic acids is 2. The molecule has 188 valence electrons. The first-order chi connectivity index (χ1) is 17.4. The molecule has 0 bridgehead atoms. The van der Waals surface area contributed by atoms with Crippen LogP contribution in [0.3, 0.4) is 0 Å². The molecule has 0 heterocycles. The number of nitrogens with one attached hydrogen (secondary N) is 3. The summed E-state index contributed by atoms with van der Waals surface area (Å²) >= 11 is 5.10. The molecule has 0 aliphatic heterocycles. The molecule has 0 aromatic heterocycles. The van der Waals surface area contributed by atoms with Crippen molar-refractivity contribution in [2.45, 2.75) is 32.6 Å². The van der Waals surface area contributed by atoms with Crippen LogP contribution in [0, 0.1) is 0 Å². The molecule has 8 heteroatoms. The minimum Gasteiger partial charge on any atom is -0.493 e. The number of rotatable bonds is 10. The van der Waals surface area contributed by atoms with E-state index < -0.39 is 11.8 Å². The highest BCUT2D eigenvalue weighted by atomic mass is 32.1. The molecule has 2 amide bonds. The van der Waals surface area contributed by atoms with Gasteiger partial charge in [0, 0.05) is 12.0 Å². The van der Waals surface area contributed by atoms with Gasteiger partial charge in [-0.3, -0.25) is 25.8 Å². The second-order valence-electron chi connectivity index (χ2n) is 8.24. The lowest BCUT2D eigenvalue weighted by Crippen LogP contribution is -2.49. The molecular weight excluding hydrogens is 474 g/mol. The number of thiocarbonyl (C=S) groups is 1. The van der Waals surface area contributed by atoms with Gasteiger partial charge >= 0.3 is 0 Å². The number of hydrazine groups is 1. The fourth-order valence-corrected chi connectivity index (χ4v) is 3.45. The molecule has 0 radical (unpaired) electrons. The van der Waals surface area contributed by atoms with E-state index in [0.29, 0.717) is 29.6 Å². The largest absolute Gasteiger partial charge is 0.493 e. The Bertz CT molecular complexity index is 1150. The minimum atomic E-state index is -0.439. The van der Waals surface area contributed by atoms with Gasteiger partial charge < -0.3 is 9.47 Å². The molecule has 0 aliphatic rings. The van der Waals surface area contributed by atoms with Crippen LogP contribution in [0.2, 0.25) is 0 Å². The van der Waals surface area contributed by atoms with Gasteiger partial charge in [0.1, 0.15) is 11.5 Å². The average Bonchev–Trinajstić information content (AvgIpc) is 2.91. The van der Waals surface area contributed by atoms with Crippen LogP contribution in [0.15, 0.2) is 78.9 Å². The molecule has 1 atom stereocenters. The molecule has 0 fully saturated rings. The van der Waals surface area contributed by atoms with Crippen LogP contribution in [-0.4, -0.2) is 30.1 Å². The van der Waals surface area contributed by atoms with Crippen molar-refractivity contribution in [1.29, 1.82) is 0 Å². The highest BCUT2D eigenvalue weighted by Crippen LogP contribution is 2.21. The fourth-order valence-electron chi connectivity index (χ4n) is 3.30. The van der Waals surface area contributed by atoms with Gasteiger partial charge in [-0.2, -0.15) is 0 Å². The summed E-state index contributed by atoms with van der Waals surface area (Å²) in [6, 6.07) is 24.5. The summed E-state index contributed by atoms with van der Waals surface area (Å²) in [4.78, 5) is 24.6. The smallest absolute Gasteiger partial charge is 0.276 e. The summed E-state index contributed by atoms with van der Waals surface area (Å²) in [5, 5.41) is 2.49. The van der Waals surface area contributed by atoms with Crippen LogP contribution < -0.4 is 25.6 Å². The monoisotopic (exact) mass is 505 g/mol. The zero-order valence-electron chi connectivity index (χ0n) is 20.5. The Hall–Kier alpha value is -3.91. The van der Waals surface area contributed by atoms with Crippen molar-refractivity contribution < 1.29 is 19.1 Å². The van der Waals surface area contributed by atoms with Crippen LogP contribution in [0.5, 0.6) is 11.5 Å². The molecule has 1 unspecified atom stereocenters. The molecule has 36 heavy (non-hydrogen) atoms. The van der Waals surface area contributed by atoms with Gasteiger partial charge in [-0.15, -0.1) is 0 Å². The first kappa shape index (κ1) is 26.7. The quantitative estimate of drug-likeness (QED) is 0.277. The van der Waals surface area contributed by atoms with Crippen molar-refractivity contribution in [1.82, 2.24) is 16.2 Å². The fraction of sp³-hybridized carbons (Fsp3) is 0.250. The SMILES string of the molecule is CCC(C)c1ccc(OCC(=O)NNC(=S)NC(=O)c2cccc(OCCc3ccccc3)c2)cc1. The molecule has 3 aromatic carbocycles. The van der Waals surface area contributed by atoms with E-state index in [0.717, 1.165) is 12.8 Å². The lowest BCUT2D eigenvalue weighted by Gasteiger charge is -2.13. The van der Waals surface area contributed by atoms with Crippen LogP contribution >= 0.6 is 12.2 Å². The van der Waals surface area contributed by atoms with Gasteiger partial charge in [0.15, 0.2) is 11.7 Å². The topological polar surface area (TPSA) is 88.7 Å². The molecule has 3 rings (SSSR count). The Kier molecular flexibility index (Phi) is 10.3. The van der Waals surface area contributed by atoms with Crippen LogP contribution in [0.4, 0.5) is 0 Å². The third-order valence-corrected chi connectivity index (χ3v) is 5.78. The van der Waals surface area contributed by atoms with Crippen molar-refractivity contribution in [3.05, 3.63) is 95.6 Å². The van der Waals surface area contributed by atoms with Crippen LogP contribution in [-0.2, 0) is 11.2 Å². The molecule has 0 saturated heterocycles. The third kappa shape index (κ3) is 8.70. The molecular formula is C28H31N3O4S. The second-order valence-corrected chi connectivity index (χ2v) is 8.64. The zero-order chi connectivity index (χ0) is 25.8. The molecule has 0 spiro atoms. The summed E-state index contributed by atoms with van der Waals surface area (Å²) in [6.45, 7) is 4.59. The summed E-state index contributed by atoms with van der Waals surface area (Å²) < 4.78 is 11.3. The van der Waals surface area contributed by atoms with E-state index in [9.17, 15) is 9.59 Å². The third-order valence-electron chi connectivity index (χ3n) is 5.57. The van der Waals surface area contributed by atoms with Crippen LogP contribution in [0.1, 0.15) is 47.7 Å². The van der Waals surface area contributed by atoms with E-state index in [1.807, 2.05) is 54.6 Å². The standard InChI is InChI=1S/C28H31N3O4S/c1-3-20(2)22-12-14-24(15-13-22)35-19-26(32)30-31-28(36)29-27(33)23-10-7-11-25(18-23)34-17-16-21-8-5-4-6-9-21/h4-15,18,20H,3,16-17,19H2,1-2H3,(H,30,32)(H2,29,31,33,36). The van der Waals surface area contributed by atoms with Gasteiger partial charge in [-0.25, -0.2) is 0 Å². The van der Waals surface area contributed by atoms with Crippen LogP contribution in [0.25, 0.3) is 0 Å². The highest BCUT2D eigenvalue weighted by Gasteiger charge is 2.10. The molecule has 7 nitrogen and oxygen atoms in total. The van der Waals surface area contributed by atoms with Crippen molar-refractivity contribution in [3.8, 4) is 11.5 Å². The van der Waals surface area contributed by atoms with E-state index in [1.54, 1.807) is 24.3 Å². The van der Waals surface area contributed by atoms with Gasteiger partial charge in [0.2, 0.25) is 0 Å². The predicted molar refractivity (Wildman–Crippen MR) is 144 cm³/mol. The average molecular weight is 506 g/mol. The van der Waals surface area contributed by atoms with Gasteiger partial charge in [-0.05, 0) is 66.0 Å². The Morgan fingerprint density at radius 1 is 0.889 bits per heavy atom. The van der Waals surface area contributed by atoms with E-state index in [4.69, 9.17) is 21.7 Å². The Balaban J connectivity index is 1.38. The minimum absolute atomic E-state index is 0.0401. The van der Waals surface area contributed by atoms with E-state index >= 15 is 0 Å². The second kappa shape index (κ2) is 13.8. The van der Waals surface area contributed by atoms with E-state index in [1.165, 1.54) is 11.1 Å². The van der Waals surface area contributed by atoms with E-state index in [2.05, 4.69) is 30.0 Å². The number of ether oxygens (including phenoxy) is 2. The van der Waals surface area contributed by atoms with Crippen molar-refractivity contribution in [2.75, 3.05) is 13.2 Å². The summed E-state index contributed by atoms with van der Waals surface area (Å²) in [5.74, 6) is 0.788. The Labute approximate surface area is 217 Å². The maximum atomic E-state index is 12.5. The number of benzene rings is 3. The maximum Gasteiger partial charge on any atom is 0.276 e. The normalized spacial score (nSPS) is 11.2. The predicted octanol–water partition coefficient (Wildman–Crippen LogP) is 4.54. The van der Waals surface area contributed by atoms with E-state index in [-0.39, 0.29) is 11.7 Å². The van der Waals surface area contributed by atoms with Crippen molar-refractivity contribution >= 4 is 29.1 Å². The van der Waals surface area contributed by atoms with Gasteiger partial charge in [0.05, 0.1) is 6.61 Å². The maximum absolute atomic E-state index is 12.5. The first-order valence-electron chi connectivity index (χ1n) is 11.8. The number of hydrogen-bond donors (Lipinski definition) is 3. The number of hydrogen-bond acceptors (Lipinski definition) is 5. The summed E-state index contributed by atoms with van der Waals surface area (Å²) in [6.07, 6.45) is 1.82. The lowest BCUT2D eigenvalue weighted by molar-refractivity contribution is -0.123. The lowest BCUT2D eigenvalue weighted by atomic mass is 9.99. The van der Waals surface area contributed by atoms with Crippen molar-refractivity contribution in [2.24, 2.45) is 0 Å². The highest BCUT2D eigenvalue weighted by molar-refractivity contribution is 7.80. The Morgan fingerprint density at radius 3 is 2.36 bits per heavy atom. The summed E-state index contributed by atoms with van der Waals surface area (Å²) in [7, 11) is 0. The zero-order valence-corrected chi connectivity index (χ0v) is 21.3. The molecule has 3 aromatic rings. The van der Waals surface area contributed by atoms with Crippen molar-refractivity contribution in [3.63, 3.8) is 0 Å². The van der Waals surface area contributed by atoms with Gasteiger partial charge in [-0.1, -0.05) is 62.4 Å². The Morgan fingerprint density at radius 2 is 1.64 bits per heavy atom.